The molecule has 0 amide bonds. The molecule has 0 radical (unpaired) electrons. The minimum absolute atomic E-state index is 0.464. The third-order valence-corrected chi connectivity index (χ3v) is 4.31. The zero-order chi connectivity index (χ0) is 11.5. The van der Waals surface area contributed by atoms with Gasteiger partial charge >= 0.3 is 0 Å². The van der Waals surface area contributed by atoms with Gasteiger partial charge in [-0.2, -0.15) is 0 Å². The van der Waals surface area contributed by atoms with E-state index in [4.69, 9.17) is 5.73 Å². The van der Waals surface area contributed by atoms with Gasteiger partial charge in [-0.15, -0.1) is 0 Å². The van der Waals surface area contributed by atoms with Crippen molar-refractivity contribution in [2.75, 3.05) is 5.73 Å². The van der Waals surface area contributed by atoms with Crippen LogP contribution in [0.1, 0.15) is 5.56 Å². The van der Waals surface area contributed by atoms with Gasteiger partial charge in [0.05, 0.1) is 4.47 Å². The van der Waals surface area contributed by atoms with Crippen molar-refractivity contribution >= 4 is 33.5 Å². The fraction of sp³-hybridized carbons (Fsp3) is 0.0909. The fourth-order valence-electron chi connectivity index (χ4n) is 1.21. The molecule has 2 aromatic rings. The van der Waals surface area contributed by atoms with Crippen molar-refractivity contribution < 1.29 is 0 Å². The highest BCUT2D eigenvalue weighted by atomic mass is 79.9. The number of hydrogen-bond acceptors (Lipinski definition) is 4. The van der Waals surface area contributed by atoms with E-state index < -0.39 is 0 Å². The maximum atomic E-state index is 5.70. The van der Waals surface area contributed by atoms with Crippen LogP contribution in [0.25, 0.3) is 0 Å². The molecule has 3 nitrogen and oxygen atoms in total. The first-order valence-corrected chi connectivity index (χ1v) is 6.29. The lowest BCUT2D eigenvalue weighted by Crippen LogP contribution is -1.94. The summed E-state index contributed by atoms with van der Waals surface area (Å²) >= 11 is 4.97. The van der Waals surface area contributed by atoms with Gasteiger partial charge in [0.1, 0.15) is 17.2 Å². The van der Waals surface area contributed by atoms with Crippen molar-refractivity contribution in [3.05, 3.63) is 40.6 Å². The minimum atomic E-state index is 0.464. The molecule has 0 aliphatic carbocycles. The van der Waals surface area contributed by atoms with E-state index in [0.717, 1.165) is 9.50 Å². The molecule has 0 aliphatic rings. The van der Waals surface area contributed by atoms with Gasteiger partial charge in [0.15, 0.2) is 0 Å². The molecular formula is C11H10BrN3S. The van der Waals surface area contributed by atoms with Crippen molar-refractivity contribution in [3.63, 3.8) is 0 Å². The lowest BCUT2D eigenvalue weighted by molar-refractivity contribution is 1.03. The van der Waals surface area contributed by atoms with Gasteiger partial charge in [-0.1, -0.05) is 30.0 Å². The van der Waals surface area contributed by atoms with Crippen LogP contribution < -0.4 is 5.73 Å². The zero-order valence-electron chi connectivity index (χ0n) is 8.64. The Hall–Kier alpha value is -1.07. The molecule has 5 heteroatoms. The van der Waals surface area contributed by atoms with Crippen LogP contribution in [-0.2, 0) is 0 Å². The average molecular weight is 296 g/mol. The van der Waals surface area contributed by atoms with E-state index in [1.165, 1.54) is 16.8 Å². The highest BCUT2D eigenvalue weighted by molar-refractivity contribution is 9.10. The summed E-state index contributed by atoms with van der Waals surface area (Å²) < 4.78 is 0.753. The number of benzene rings is 1. The first-order valence-electron chi connectivity index (χ1n) is 4.68. The molecule has 0 saturated heterocycles. The van der Waals surface area contributed by atoms with E-state index in [-0.39, 0.29) is 0 Å². The third kappa shape index (κ3) is 2.36. The summed E-state index contributed by atoms with van der Waals surface area (Å²) in [5.41, 5.74) is 6.92. The molecule has 2 N–H and O–H groups in total. The van der Waals surface area contributed by atoms with Crippen LogP contribution >= 0.6 is 27.7 Å². The molecular weight excluding hydrogens is 286 g/mol. The predicted molar refractivity (Wildman–Crippen MR) is 69.4 cm³/mol. The summed E-state index contributed by atoms with van der Waals surface area (Å²) in [7, 11) is 0. The first kappa shape index (κ1) is 11.4. The number of aromatic nitrogens is 2. The van der Waals surface area contributed by atoms with Gasteiger partial charge in [-0.25, -0.2) is 9.97 Å². The minimum Gasteiger partial charge on any atom is -0.383 e. The van der Waals surface area contributed by atoms with Gasteiger partial charge in [0.25, 0.3) is 0 Å². The van der Waals surface area contributed by atoms with Crippen LogP contribution in [0, 0.1) is 6.92 Å². The second-order valence-electron chi connectivity index (χ2n) is 3.25. The lowest BCUT2D eigenvalue weighted by atomic mass is 10.2. The maximum Gasteiger partial charge on any atom is 0.142 e. The summed E-state index contributed by atoms with van der Waals surface area (Å²) in [4.78, 5) is 9.28. The lowest BCUT2D eigenvalue weighted by Gasteiger charge is -2.06. The number of nitrogens with two attached hydrogens (primary N) is 1. The quantitative estimate of drug-likeness (QED) is 0.864. The van der Waals surface area contributed by atoms with Gasteiger partial charge in [-0.05, 0) is 34.5 Å². The number of halogens is 1. The zero-order valence-corrected chi connectivity index (χ0v) is 11.0. The van der Waals surface area contributed by atoms with Crippen LogP contribution in [0.2, 0.25) is 0 Å². The van der Waals surface area contributed by atoms with E-state index in [0.29, 0.717) is 5.82 Å². The Bertz CT molecular complexity index is 516. The molecule has 0 unspecified atom stereocenters. The standard InChI is InChI=1S/C11H10BrN3S/c1-7-4-2-3-5-8(7)16-11-9(12)10(13)14-6-15-11/h2-6H,1H3,(H2,13,14,15). The smallest absolute Gasteiger partial charge is 0.142 e. The normalized spacial score (nSPS) is 10.4. The second-order valence-corrected chi connectivity index (χ2v) is 5.07. The van der Waals surface area contributed by atoms with Crippen LogP contribution in [0.4, 0.5) is 5.82 Å². The SMILES string of the molecule is Cc1ccccc1Sc1ncnc(N)c1Br. The molecule has 0 atom stereocenters. The van der Waals surface area contributed by atoms with Crippen molar-refractivity contribution in [2.24, 2.45) is 0 Å². The molecule has 0 fully saturated rings. The van der Waals surface area contributed by atoms with E-state index in [1.807, 2.05) is 12.1 Å². The maximum absolute atomic E-state index is 5.70. The third-order valence-electron chi connectivity index (χ3n) is 2.08. The molecule has 0 aliphatic heterocycles. The molecule has 82 valence electrons. The number of anilines is 1. The van der Waals surface area contributed by atoms with E-state index in [1.54, 1.807) is 11.8 Å². The van der Waals surface area contributed by atoms with E-state index in [9.17, 15) is 0 Å². The van der Waals surface area contributed by atoms with Crippen LogP contribution in [0.5, 0.6) is 0 Å². The van der Waals surface area contributed by atoms with Crippen molar-refractivity contribution in [3.8, 4) is 0 Å². The Balaban J connectivity index is 2.35. The monoisotopic (exact) mass is 295 g/mol. The number of nitrogens with zero attached hydrogens (tertiary/aromatic N) is 2. The molecule has 1 heterocycles. The molecule has 0 bridgehead atoms. The number of rotatable bonds is 2. The van der Waals surface area contributed by atoms with Gasteiger partial charge < -0.3 is 5.73 Å². The first-order chi connectivity index (χ1) is 7.68. The summed E-state index contributed by atoms with van der Waals surface area (Å²) in [6, 6.07) is 8.15. The van der Waals surface area contributed by atoms with Crippen molar-refractivity contribution in [1.82, 2.24) is 9.97 Å². The molecule has 1 aromatic heterocycles. The summed E-state index contributed by atoms with van der Waals surface area (Å²) in [6.07, 6.45) is 1.47. The van der Waals surface area contributed by atoms with Crippen molar-refractivity contribution in [1.29, 1.82) is 0 Å². The number of nitrogen functional groups attached to an aromatic ring is 1. The number of aryl methyl sites for hydroxylation is 1. The second kappa shape index (κ2) is 4.84. The topological polar surface area (TPSA) is 51.8 Å². The van der Waals surface area contributed by atoms with Crippen molar-refractivity contribution in [2.45, 2.75) is 16.8 Å². The van der Waals surface area contributed by atoms with Crippen LogP contribution in [0.15, 0.2) is 45.0 Å². The highest BCUT2D eigenvalue weighted by Gasteiger charge is 2.08. The highest BCUT2D eigenvalue weighted by Crippen LogP contribution is 2.34. The fourth-order valence-corrected chi connectivity index (χ4v) is 2.54. The summed E-state index contributed by atoms with van der Waals surface area (Å²) in [5, 5.41) is 0.835. The number of hydrogen-bond donors (Lipinski definition) is 1. The van der Waals surface area contributed by atoms with Gasteiger partial charge in [0, 0.05) is 4.90 Å². The summed E-state index contributed by atoms with van der Waals surface area (Å²) in [6.45, 7) is 2.07. The molecule has 0 spiro atoms. The van der Waals surface area contributed by atoms with E-state index >= 15 is 0 Å². The molecule has 1 aromatic carbocycles. The van der Waals surface area contributed by atoms with Crippen LogP contribution in [0.3, 0.4) is 0 Å². The predicted octanol–water partition coefficient (Wildman–Crippen LogP) is 3.28. The molecule has 16 heavy (non-hydrogen) atoms. The van der Waals surface area contributed by atoms with Gasteiger partial charge in [-0.3, -0.25) is 0 Å². The largest absolute Gasteiger partial charge is 0.383 e. The Morgan fingerprint density at radius 3 is 2.75 bits per heavy atom. The Morgan fingerprint density at radius 2 is 2.00 bits per heavy atom. The Kier molecular flexibility index (Phi) is 3.46. The van der Waals surface area contributed by atoms with Gasteiger partial charge in [0.2, 0.25) is 0 Å². The molecule has 0 saturated carbocycles. The van der Waals surface area contributed by atoms with E-state index in [2.05, 4.69) is 45.0 Å². The average Bonchev–Trinajstić information content (AvgIpc) is 2.28. The summed E-state index contributed by atoms with van der Waals surface area (Å²) in [5.74, 6) is 0.464. The Labute approximate surface area is 107 Å². The van der Waals surface area contributed by atoms with Crippen LogP contribution in [-0.4, -0.2) is 9.97 Å². The Morgan fingerprint density at radius 1 is 1.25 bits per heavy atom. The molecule has 2 rings (SSSR count).